The second kappa shape index (κ2) is 7.25. The average molecular weight is 354 g/mol. The third-order valence-corrected chi connectivity index (χ3v) is 5.03. The first-order valence-corrected chi connectivity index (χ1v) is 8.97. The van der Waals surface area contributed by atoms with Crippen molar-refractivity contribution in [2.24, 2.45) is 0 Å². The molecule has 2 aliphatic heterocycles. The molecule has 26 heavy (non-hydrogen) atoms. The molecule has 2 amide bonds. The number of nitrogens with zero attached hydrogens (tertiary/aromatic N) is 5. The van der Waals surface area contributed by atoms with Crippen molar-refractivity contribution in [1.82, 2.24) is 29.9 Å². The molecule has 1 aromatic carbocycles. The molecule has 4 rings (SSSR count). The molecule has 0 aliphatic carbocycles. The lowest BCUT2D eigenvalue weighted by molar-refractivity contribution is -0.135. The lowest BCUT2D eigenvalue weighted by atomic mass is 10.0. The van der Waals surface area contributed by atoms with E-state index in [2.05, 4.69) is 15.4 Å². The van der Waals surface area contributed by atoms with Crippen molar-refractivity contribution >= 4 is 11.8 Å². The first kappa shape index (κ1) is 16.7. The van der Waals surface area contributed by atoms with E-state index < -0.39 is 0 Å². The van der Waals surface area contributed by atoms with Crippen molar-refractivity contribution in [2.45, 2.75) is 18.9 Å². The number of amides is 2. The van der Waals surface area contributed by atoms with Crippen molar-refractivity contribution in [3.05, 3.63) is 42.5 Å². The molecule has 2 aliphatic rings. The fraction of sp³-hybridized carbons (Fsp3) is 0.444. The van der Waals surface area contributed by atoms with Gasteiger partial charge in [0.1, 0.15) is 12.7 Å². The Balaban J connectivity index is 1.49. The van der Waals surface area contributed by atoms with Crippen LogP contribution in [0.15, 0.2) is 36.9 Å². The van der Waals surface area contributed by atoms with Crippen molar-refractivity contribution in [2.75, 3.05) is 32.7 Å². The molecule has 3 heterocycles. The second-order valence-electron chi connectivity index (χ2n) is 6.70. The quantitative estimate of drug-likeness (QED) is 0.857. The van der Waals surface area contributed by atoms with Gasteiger partial charge in [-0.1, -0.05) is 6.07 Å². The number of likely N-dealkylation sites (tertiary alicyclic amines) is 1. The van der Waals surface area contributed by atoms with Crippen LogP contribution >= 0.6 is 0 Å². The number of rotatable bonds is 3. The van der Waals surface area contributed by atoms with Crippen LogP contribution in [0.3, 0.4) is 0 Å². The molecule has 2 fully saturated rings. The summed E-state index contributed by atoms with van der Waals surface area (Å²) in [5.74, 6) is 0.128. The van der Waals surface area contributed by atoms with Crippen LogP contribution in [0.1, 0.15) is 23.2 Å². The molecule has 1 atom stereocenters. The Morgan fingerprint density at radius 2 is 2.19 bits per heavy atom. The van der Waals surface area contributed by atoms with E-state index in [0.717, 1.165) is 31.6 Å². The van der Waals surface area contributed by atoms with E-state index in [0.29, 0.717) is 25.2 Å². The van der Waals surface area contributed by atoms with Crippen LogP contribution in [0.4, 0.5) is 0 Å². The van der Waals surface area contributed by atoms with Gasteiger partial charge in [-0.3, -0.25) is 9.59 Å². The summed E-state index contributed by atoms with van der Waals surface area (Å²) in [5.41, 5.74) is 1.43. The summed E-state index contributed by atoms with van der Waals surface area (Å²) in [6.45, 7) is 3.25. The normalized spacial score (nSPS) is 21.1. The van der Waals surface area contributed by atoms with Gasteiger partial charge in [-0.25, -0.2) is 9.67 Å². The summed E-state index contributed by atoms with van der Waals surface area (Å²) in [4.78, 5) is 32.9. The zero-order valence-electron chi connectivity index (χ0n) is 14.5. The molecule has 2 aromatic rings. The third-order valence-electron chi connectivity index (χ3n) is 5.03. The molecule has 1 aromatic heterocycles. The number of piperidine rings is 1. The molecule has 8 nitrogen and oxygen atoms in total. The Morgan fingerprint density at radius 1 is 1.27 bits per heavy atom. The van der Waals surface area contributed by atoms with Crippen LogP contribution in [-0.2, 0) is 4.79 Å². The molecule has 1 N–H and O–H groups in total. The van der Waals surface area contributed by atoms with Gasteiger partial charge < -0.3 is 15.1 Å². The fourth-order valence-corrected chi connectivity index (χ4v) is 3.71. The predicted octanol–water partition coefficient (Wildman–Crippen LogP) is 0.304. The Morgan fingerprint density at radius 3 is 3.00 bits per heavy atom. The van der Waals surface area contributed by atoms with Crippen molar-refractivity contribution in [1.29, 1.82) is 0 Å². The third kappa shape index (κ3) is 3.32. The zero-order chi connectivity index (χ0) is 17.9. The first-order valence-electron chi connectivity index (χ1n) is 8.97. The maximum Gasteiger partial charge on any atom is 0.254 e. The van der Waals surface area contributed by atoms with Gasteiger partial charge in [0.25, 0.3) is 5.91 Å². The number of benzene rings is 1. The standard InChI is InChI=1S/C18H22N6O2/c25-17-10-19-6-8-23(17)16-5-2-7-22(11-16)18(26)14-3-1-4-15(9-14)24-13-20-12-21-24/h1,3-4,9,12-13,16,19H,2,5-8,10-11H2. The number of hydrogen-bond acceptors (Lipinski definition) is 5. The van der Waals surface area contributed by atoms with E-state index in [1.54, 1.807) is 11.0 Å². The van der Waals surface area contributed by atoms with Crippen molar-refractivity contribution in [3.63, 3.8) is 0 Å². The summed E-state index contributed by atoms with van der Waals surface area (Å²) in [5, 5.41) is 7.21. The van der Waals surface area contributed by atoms with Gasteiger partial charge in [0.05, 0.1) is 12.2 Å². The molecule has 0 spiro atoms. The van der Waals surface area contributed by atoms with E-state index in [9.17, 15) is 9.59 Å². The summed E-state index contributed by atoms with van der Waals surface area (Å²) >= 11 is 0. The minimum atomic E-state index is -0.000696. The molecule has 1 unspecified atom stereocenters. The van der Waals surface area contributed by atoms with Crippen LogP contribution in [0.2, 0.25) is 0 Å². The minimum Gasteiger partial charge on any atom is -0.337 e. The largest absolute Gasteiger partial charge is 0.337 e. The van der Waals surface area contributed by atoms with E-state index in [-0.39, 0.29) is 17.9 Å². The maximum atomic E-state index is 13.0. The van der Waals surface area contributed by atoms with Gasteiger partial charge in [-0.15, -0.1) is 0 Å². The molecule has 8 heteroatoms. The minimum absolute atomic E-state index is 0.000696. The highest BCUT2D eigenvalue weighted by atomic mass is 16.2. The van der Waals surface area contributed by atoms with Gasteiger partial charge in [-0.05, 0) is 31.0 Å². The molecule has 0 saturated carbocycles. The van der Waals surface area contributed by atoms with Crippen LogP contribution in [0.25, 0.3) is 5.69 Å². The van der Waals surface area contributed by atoms with Crippen LogP contribution in [-0.4, -0.2) is 75.1 Å². The number of carbonyl (C=O) groups excluding carboxylic acids is 2. The summed E-state index contributed by atoms with van der Waals surface area (Å²) in [6, 6.07) is 7.51. The van der Waals surface area contributed by atoms with Crippen LogP contribution in [0.5, 0.6) is 0 Å². The van der Waals surface area contributed by atoms with Gasteiger partial charge in [0.15, 0.2) is 0 Å². The molecular formula is C18H22N6O2. The predicted molar refractivity (Wildman–Crippen MR) is 94.9 cm³/mol. The summed E-state index contributed by atoms with van der Waals surface area (Å²) in [7, 11) is 0. The highest BCUT2D eigenvalue weighted by molar-refractivity contribution is 5.95. The molecule has 136 valence electrons. The summed E-state index contributed by atoms with van der Waals surface area (Å²) < 4.78 is 1.63. The zero-order valence-corrected chi connectivity index (χ0v) is 14.5. The topological polar surface area (TPSA) is 83.4 Å². The van der Waals surface area contributed by atoms with Crippen LogP contribution in [0, 0.1) is 0 Å². The fourth-order valence-electron chi connectivity index (χ4n) is 3.71. The number of hydrogen-bond donors (Lipinski definition) is 1. The maximum absolute atomic E-state index is 13.0. The van der Waals surface area contributed by atoms with E-state index in [1.807, 2.05) is 34.1 Å². The van der Waals surface area contributed by atoms with E-state index in [4.69, 9.17) is 0 Å². The lowest BCUT2D eigenvalue weighted by Gasteiger charge is -2.41. The SMILES string of the molecule is O=C(c1cccc(-n2cncn2)c1)N1CCCC(N2CCNCC2=O)C1. The number of carbonyl (C=O) groups is 2. The van der Waals surface area contributed by atoms with Crippen LogP contribution < -0.4 is 5.32 Å². The summed E-state index contributed by atoms with van der Waals surface area (Å²) in [6.07, 6.45) is 4.94. The Hall–Kier alpha value is -2.74. The Labute approximate surface area is 151 Å². The Kier molecular flexibility index (Phi) is 4.66. The van der Waals surface area contributed by atoms with Gasteiger partial charge in [0.2, 0.25) is 5.91 Å². The molecular weight excluding hydrogens is 332 g/mol. The number of nitrogens with one attached hydrogen (secondary N) is 1. The number of aromatic nitrogens is 3. The van der Waals surface area contributed by atoms with Gasteiger partial charge in [-0.2, -0.15) is 5.10 Å². The van der Waals surface area contributed by atoms with Crippen molar-refractivity contribution < 1.29 is 9.59 Å². The average Bonchev–Trinajstić information content (AvgIpc) is 3.23. The monoisotopic (exact) mass is 354 g/mol. The van der Waals surface area contributed by atoms with Gasteiger partial charge >= 0.3 is 0 Å². The van der Waals surface area contributed by atoms with E-state index in [1.165, 1.54) is 6.33 Å². The van der Waals surface area contributed by atoms with Crippen molar-refractivity contribution in [3.8, 4) is 5.69 Å². The lowest BCUT2D eigenvalue weighted by Crippen LogP contribution is -2.57. The Bertz CT molecular complexity index is 791. The van der Waals surface area contributed by atoms with Gasteiger partial charge in [0, 0.05) is 37.8 Å². The number of piperazine rings is 1. The first-order chi connectivity index (χ1) is 12.7. The molecule has 0 bridgehead atoms. The van der Waals surface area contributed by atoms with E-state index >= 15 is 0 Å². The second-order valence-corrected chi connectivity index (χ2v) is 6.70. The highest BCUT2D eigenvalue weighted by Gasteiger charge is 2.31. The smallest absolute Gasteiger partial charge is 0.254 e. The molecule has 0 radical (unpaired) electrons. The highest BCUT2D eigenvalue weighted by Crippen LogP contribution is 2.20. The molecule has 2 saturated heterocycles.